The molecule has 1 aromatic rings. The van der Waals surface area contributed by atoms with Crippen molar-refractivity contribution in [1.82, 2.24) is 10.3 Å². The van der Waals surface area contributed by atoms with Gasteiger partial charge >= 0.3 is 0 Å². The Morgan fingerprint density at radius 2 is 2.35 bits per heavy atom. The molecule has 0 radical (unpaired) electrons. The van der Waals surface area contributed by atoms with Crippen LogP contribution in [0.15, 0.2) is 18.3 Å². The van der Waals surface area contributed by atoms with Gasteiger partial charge in [0.15, 0.2) is 0 Å². The van der Waals surface area contributed by atoms with E-state index in [9.17, 15) is 4.79 Å². The lowest BCUT2D eigenvalue weighted by Gasteiger charge is -2.22. The Labute approximate surface area is 120 Å². The lowest BCUT2D eigenvalue weighted by atomic mass is 10.1. The Morgan fingerprint density at radius 3 is 3.00 bits per heavy atom. The third kappa shape index (κ3) is 4.49. The summed E-state index contributed by atoms with van der Waals surface area (Å²) in [5.74, 6) is -0.138. The molecule has 1 unspecified atom stereocenters. The smallest absolute Gasteiger partial charge is 0.269 e. The third-order valence-corrected chi connectivity index (χ3v) is 3.34. The van der Waals surface area contributed by atoms with Gasteiger partial charge in [0, 0.05) is 19.7 Å². The number of ether oxygens (including phenoxy) is 1. The summed E-state index contributed by atoms with van der Waals surface area (Å²) in [5, 5.41) is 6.11. The van der Waals surface area contributed by atoms with E-state index < -0.39 is 0 Å². The van der Waals surface area contributed by atoms with Gasteiger partial charge in [0.05, 0.1) is 18.0 Å². The van der Waals surface area contributed by atoms with Crippen molar-refractivity contribution in [3.63, 3.8) is 0 Å². The monoisotopic (exact) mass is 277 g/mol. The van der Waals surface area contributed by atoms with Crippen molar-refractivity contribution in [2.45, 2.75) is 38.7 Å². The van der Waals surface area contributed by atoms with E-state index in [0.717, 1.165) is 38.1 Å². The maximum absolute atomic E-state index is 12.0. The van der Waals surface area contributed by atoms with Gasteiger partial charge in [-0.3, -0.25) is 4.79 Å². The molecule has 1 atom stereocenters. The van der Waals surface area contributed by atoms with Crippen LogP contribution < -0.4 is 10.6 Å². The zero-order chi connectivity index (χ0) is 14.2. The van der Waals surface area contributed by atoms with E-state index >= 15 is 0 Å². The summed E-state index contributed by atoms with van der Waals surface area (Å²) >= 11 is 0. The number of carbonyl (C=O) groups is 1. The average molecular weight is 277 g/mol. The van der Waals surface area contributed by atoms with Crippen LogP contribution in [0.4, 0.5) is 5.69 Å². The predicted molar refractivity (Wildman–Crippen MR) is 78.9 cm³/mol. The van der Waals surface area contributed by atoms with Gasteiger partial charge in [-0.05, 0) is 37.8 Å². The molecule has 0 bridgehead atoms. The first-order valence-corrected chi connectivity index (χ1v) is 7.39. The number of carbonyl (C=O) groups excluding carboxylic acids is 1. The number of pyridine rings is 1. The first-order chi connectivity index (χ1) is 9.79. The molecule has 5 heteroatoms. The maximum Gasteiger partial charge on any atom is 0.269 e. The molecule has 1 fully saturated rings. The molecule has 2 rings (SSSR count). The van der Waals surface area contributed by atoms with Crippen LogP contribution in [0, 0.1) is 0 Å². The molecule has 0 aliphatic carbocycles. The minimum Gasteiger partial charge on any atom is -0.384 e. The van der Waals surface area contributed by atoms with Gasteiger partial charge in [0.2, 0.25) is 0 Å². The average Bonchev–Trinajstić information content (AvgIpc) is 2.52. The van der Waals surface area contributed by atoms with Crippen LogP contribution in [0.5, 0.6) is 0 Å². The third-order valence-electron chi connectivity index (χ3n) is 3.34. The molecule has 1 aliphatic rings. The van der Waals surface area contributed by atoms with Crippen molar-refractivity contribution < 1.29 is 9.53 Å². The lowest BCUT2D eigenvalue weighted by Crippen LogP contribution is -2.35. The van der Waals surface area contributed by atoms with Crippen molar-refractivity contribution in [2.24, 2.45) is 0 Å². The van der Waals surface area contributed by atoms with E-state index in [1.165, 1.54) is 6.42 Å². The second-order valence-corrected chi connectivity index (χ2v) is 5.06. The molecule has 5 nitrogen and oxygen atoms in total. The highest BCUT2D eigenvalue weighted by atomic mass is 16.5. The largest absolute Gasteiger partial charge is 0.384 e. The van der Waals surface area contributed by atoms with E-state index in [4.69, 9.17) is 4.74 Å². The second-order valence-electron chi connectivity index (χ2n) is 5.06. The Kier molecular flexibility index (Phi) is 5.80. The maximum atomic E-state index is 12.0. The van der Waals surface area contributed by atoms with Crippen molar-refractivity contribution in [3.8, 4) is 0 Å². The molecule has 110 valence electrons. The van der Waals surface area contributed by atoms with Gasteiger partial charge in [-0.1, -0.05) is 6.92 Å². The van der Waals surface area contributed by atoms with Gasteiger partial charge < -0.3 is 15.4 Å². The summed E-state index contributed by atoms with van der Waals surface area (Å²) in [6.07, 6.45) is 6.23. The Hall–Kier alpha value is -1.62. The quantitative estimate of drug-likeness (QED) is 0.836. The lowest BCUT2D eigenvalue weighted by molar-refractivity contribution is 0.0168. The zero-order valence-electron chi connectivity index (χ0n) is 12.0. The van der Waals surface area contributed by atoms with E-state index in [0.29, 0.717) is 12.2 Å². The Morgan fingerprint density at radius 1 is 1.45 bits per heavy atom. The highest BCUT2D eigenvalue weighted by Gasteiger charge is 2.15. The van der Waals surface area contributed by atoms with Crippen LogP contribution in [0.1, 0.15) is 43.1 Å². The standard InChI is InChI=1S/C15H23N3O2/c1-2-8-16-12-6-7-14(17-10-12)15(19)18-11-13-5-3-4-9-20-13/h6-7,10,13,16H,2-5,8-9,11H2,1H3,(H,18,19). The van der Waals surface area contributed by atoms with E-state index in [1.54, 1.807) is 12.3 Å². The first kappa shape index (κ1) is 14.8. The van der Waals surface area contributed by atoms with E-state index in [-0.39, 0.29) is 12.0 Å². The summed E-state index contributed by atoms with van der Waals surface area (Å²) < 4.78 is 5.58. The first-order valence-electron chi connectivity index (χ1n) is 7.39. The van der Waals surface area contributed by atoms with E-state index in [2.05, 4.69) is 22.5 Å². The number of anilines is 1. The molecular weight excluding hydrogens is 254 g/mol. The van der Waals surface area contributed by atoms with Gasteiger partial charge in [0.25, 0.3) is 5.91 Å². The molecular formula is C15H23N3O2. The fourth-order valence-electron chi connectivity index (χ4n) is 2.17. The molecule has 0 spiro atoms. The summed E-state index contributed by atoms with van der Waals surface area (Å²) in [5.41, 5.74) is 1.39. The fraction of sp³-hybridized carbons (Fsp3) is 0.600. The van der Waals surface area contributed by atoms with E-state index in [1.807, 2.05) is 6.07 Å². The Balaban J connectivity index is 1.79. The molecule has 1 saturated heterocycles. The van der Waals surface area contributed by atoms with Crippen molar-refractivity contribution >= 4 is 11.6 Å². The summed E-state index contributed by atoms with van der Waals surface area (Å²) in [4.78, 5) is 16.1. The van der Waals surface area contributed by atoms with Crippen LogP contribution in [0.3, 0.4) is 0 Å². The molecule has 1 aromatic heterocycles. The van der Waals surface area contributed by atoms with Crippen molar-refractivity contribution in [3.05, 3.63) is 24.0 Å². The topological polar surface area (TPSA) is 63.2 Å². The van der Waals surface area contributed by atoms with Gasteiger partial charge in [0.1, 0.15) is 5.69 Å². The van der Waals surface area contributed by atoms with Crippen LogP contribution in [0.25, 0.3) is 0 Å². The molecule has 0 aromatic carbocycles. The summed E-state index contributed by atoms with van der Waals surface area (Å²) in [6, 6.07) is 3.63. The minimum atomic E-state index is -0.138. The molecule has 1 aliphatic heterocycles. The van der Waals surface area contributed by atoms with Crippen LogP contribution in [0.2, 0.25) is 0 Å². The van der Waals surface area contributed by atoms with Crippen molar-refractivity contribution in [2.75, 3.05) is 25.0 Å². The zero-order valence-corrected chi connectivity index (χ0v) is 12.0. The fourth-order valence-corrected chi connectivity index (χ4v) is 2.17. The van der Waals surface area contributed by atoms with Gasteiger partial charge in [-0.15, -0.1) is 0 Å². The minimum absolute atomic E-state index is 0.138. The highest BCUT2D eigenvalue weighted by molar-refractivity contribution is 5.92. The normalized spacial score (nSPS) is 18.6. The Bertz CT molecular complexity index is 414. The summed E-state index contributed by atoms with van der Waals surface area (Å²) in [7, 11) is 0. The number of amides is 1. The van der Waals surface area contributed by atoms with Gasteiger partial charge in [-0.25, -0.2) is 4.98 Å². The number of aromatic nitrogens is 1. The number of nitrogens with zero attached hydrogens (tertiary/aromatic N) is 1. The molecule has 2 heterocycles. The van der Waals surface area contributed by atoms with Gasteiger partial charge in [-0.2, -0.15) is 0 Å². The summed E-state index contributed by atoms with van der Waals surface area (Å²) in [6.45, 7) is 4.38. The van der Waals surface area contributed by atoms with Crippen LogP contribution in [-0.2, 0) is 4.74 Å². The highest BCUT2D eigenvalue weighted by Crippen LogP contribution is 2.12. The van der Waals surface area contributed by atoms with Crippen LogP contribution in [-0.4, -0.2) is 36.7 Å². The molecule has 20 heavy (non-hydrogen) atoms. The number of rotatable bonds is 6. The number of nitrogens with one attached hydrogen (secondary N) is 2. The molecule has 2 N–H and O–H groups in total. The van der Waals surface area contributed by atoms with Crippen molar-refractivity contribution in [1.29, 1.82) is 0 Å². The number of hydrogen-bond acceptors (Lipinski definition) is 4. The van der Waals surface area contributed by atoms with Crippen LogP contribution >= 0.6 is 0 Å². The molecule has 1 amide bonds. The SMILES string of the molecule is CCCNc1ccc(C(=O)NCC2CCCCO2)nc1. The predicted octanol–water partition coefficient (Wildman–Crippen LogP) is 2.20. The second kappa shape index (κ2) is 7.85. The number of hydrogen-bond donors (Lipinski definition) is 2. The molecule has 0 saturated carbocycles.